The molecule has 1 aromatic heterocycles. The van der Waals surface area contributed by atoms with Crippen LogP contribution in [0.2, 0.25) is 0 Å². The molecule has 1 heterocycles. The fourth-order valence-corrected chi connectivity index (χ4v) is 1.04. The van der Waals surface area contributed by atoms with Gasteiger partial charge < -0.3 is 5.73 Å². The third-order valence-electron chi connectivity index (χ3n) is 1.59. The number of rotatable bonds is 0. The Morgan fingerprint density at radius 1 is 1.33 bits per heavy atom. The Kier molecular flexibility index (Phi) is 3.67. The number of nitrogen functional groups attached to an aromatic ring is 1. The number of nitrogens with zero attached hydrogens (tertiary/aromatic N) is 1. The molecular weight excluding hydrogens is 175 g/mol. The van der Waals surface area contributed by atoms with Crippen LogP contribution in [0, 0.1) is 6.07 Å². The zero-order chi connectivity index (χ0) is 7.68. The van der Waals surface area contributed by atoms with Crippen molar-refractivity contribution in [3.05, 3.63) is 36.5 Å². The Morgan fingerprint density at radius 3 is 3.00 bits per heavy atom. The van der Waals surface area contributed by atoms with Gasteiger partial charge in [-0.05, 0) is 0 Å². The normalized spacial score (nSPS) is 9.33. The second-order valence-electron chi connectivity index (χ2n) is 2.38. The first kappa shape index (κ1) is 10.1. The van der Waals surface area contributed by atoms with E-state index in [1.54, 1.807) is 6.20 Å². The van der Waals surface area contributed by atoms with Crippen molar-refractivity contribution in [3.63, 3.8) is 0 Å². The molecule has 0 spiro atoms. The van der Waals surface area contributed by atoms with Gasteiger partial charge in [-0.1, -0.05) is 6.07 Å². The van der Waals surface area contributed by atoms with E-state index in [1.807, 2.05) is 24.3 Å². The summed E-state index contributed by atoms with van der Waals surface area (Å²) in [7, 11) is 0. The third kappa shape index (κ3) is 2.05. The Morgan fingerprint density at radius 2 is 2.17 bits per heavy atom. The summed E-state index contributed by atoms with van der Waals surface area (Å²) in [6.07, 6.45) is 1.76. The van der Waals surface area contributed by atoms with Gasteiger partial charge in [-0.2, -0.15) is 24.3 Å². The average molecular weight is 182 g/mol. The summed E-state index contributed by atoms with van der Waals surface area (Å²) in [6, 6.07) is 10.5. The monoisotopic (exact) mass is 182 g/mol. The van der Waals surface area contributed by atoms with Gasteiger partial charge in [-0.3, -0.25) is 0 Å². The van der Waals surface area contributed by atoms with Crippen molar-refractivity contribution < 1.29 is 51.4 Å². The maximum absolute atomic E-state index is 5.50. The molecule has 12 heavy (non-hydrogen) atoms. The summed E-state index contributed by atoms with van der Waals surface area (Å²) in [5, 5.41) is 2.18. The molecule has 2 aromatic rings. The number of hydrogen-bond donors (Lipinski definition) is 1. The largest absolute Gasteiger partial charge is 1.00 e. The number of benzene rings is 1. The minimum Gasteiger partial charge on any atom is -0.385 e. The second kappa shape index (κ2) is 4.34. The van der Waals surface area contributed by atoms with Gasteiger partial charge >= 0.3 is 51.4 Å². The van der Waals surface area contributed by atoms with Crippen molar-refractivity contribution in [1.29, 1.82) is 0 Å². The molecule has 0 atom stereocenters. The van der Waals surface area contributed by atoms with Crippen LogP contribution in [0.25, 0.3) is 10.8 Å². The van der Waals surface area contributed by atoms with Gasteiger partial charge in [0.2, 0.25) is 0 Å². The SMILES string of the molecule is Nc1cc2c[c-]ccc2cn1.[K+]. The second-order valence-corrected chi connectivity index (χ2v) is 2.38. The maximum atomic E-state index is 5.50. The molecule has 2 nitrogen and oxygen atoms in total. The molecular formula is C9H7KN2. The Hall–Kier alpha value is 0.0664. The summed E-state index contributed by atoms with van der Waals surface area (Å²) < 4.78 is 0. The smallest absolute Gasteiger partial charge is 0.385 e. The van der Waals surface area contributed by atoms with Gasteiger partial charge in [0, 0.05) is 6.20 Å². The van der Waals surface area contributed by atoms with E-state index < -0.39 is 0 Å². The number of nitrogens with two attached hydrogens (primary N) is 1. The van der Waals surface area contributed by atoms with Gasteiger partial charge in [0.25, 0.3) is 0 Å². The molecule has 0 radical (unpaired) electrons. The van der Waals surface area contributed by atoms with E-state index in [4.69, 9.17) is 5.73 Å². The maximum Gasteiger partial charge on any atom is 1.00 e. The van der Waals surface area contributed by atoms with Crippen molar-refractivity contribution >= 4 is 16.6 Å². The minimum absolute atomic E-state index is 0. The van der Waals surface area contributed by atoms with E-state index in [0.717, 1.165) is 10.8 Å². The van der Waals surface area contributed by atoms with Crippen LogP contribution in [0.5, 0.6) is 0 Å². The minimum atomic E-state index is 0. The van der Waals surface area contributed by atoms with Gasteiger partial charge in [0.05, 0.1) is 0 Å². The molecule has 1 aromatic carbocycles. The number of pyridine rings is 1. The van der Waals surface area contributed by atoms with E-state index in [9.17, 15) is 0 Å². The fraction of sp³-hybridized carbons (Fsp3) is 0. The van der Waals surface area contributed by atoms with Crippen LogP contribution in [0.3, 0.4) is 0 Å². The zero-order valence-corrected chi connectivity index (χ0v) is 10.0. The predicted molar refractivity (Wildman–Crippen MR) is 45.0 cm³/mol. The molecule has 0 unspecified atom stereocenters. The summed E-state index contributed by atoms with van der Waals surface area (Å²) in [4.78, 5) is 3.97. The topological polar surface area (TPSA) is 38.9 Å². The van der Waals surface area contributed by atoms with Crippen LogP contribution in [0.15, 0.2) is 30.5 Å². The molecule has 54 valence electrons. The summed E-state index contributed by atoms with van der Waals surface area (Å²) in [6.45, 7) is 0. The first-order valence-electron chi connectivity index (χ1n) is 3.37. The standard InChI is InChI=1S/C9H7N2.K/c10-9-5-7-3-1-2-4-8(7)6-11-9;/h2-6H,(H2,10,11);/q-1;+1. The molecule has 2 rings (SSSR count). The Bertz CT molecular complexity index is 387. The van der Waals surface area contributed by atoms with E-state index in [-0.39, 0.29) is 51.4 Å². The summed E-state index contributed by atoms with van der Waals surface area (Å²) in [5.74, 6) is 0.553. The number of hydrogen-bond acceptors (Lipinski definition) is 2. The van der Waals surface area contributed by atoms with Crippen LogP contribution in [-0.2, 0) is 0 Å². The van der Waals surface area contributed by atoms with E-state index in [2.05, 4.69) is 11.1 Å². The van der Waals surface area contributed by atoms with Crippen LogP contribution < -0.4 is 57.1 Å². The number of aromatic nitrogens is 1. The van der Waals surface area contributed by atoms with Crippen molar-refractivity contribution in [3.8, 4) is 0 Å². The number of anilines is 1. The van der Waals surface area contributed by atoms with E-state index >= 15 is 0 Å². The van der Waals surface area contributed by atoms with E-state index in [1.165, 1.54) is 0 Å². The van der Waals surface area contributed by atoms with Crippen LogP contribution in [0.4, 0.5) is 5.82 Å². The van der Waals surface area contributed by atoms with Crippen LogP contribution in [-0.4, -0.2) is 4.98 Å². The van der Waals surface area contributed by atoms with Crippen molar-refractivity contribution in [2.75, 3.05) is 5.73 Å². The summed E-state index contributed by atoms with van der Waals surface area (Å²) >= 11 is 0. The Labute approximate surface area is 114 Å². The molecule has 0 fully saturated rings. The van der Waals surface area contributed by atoms with Gasteiger partial charge in [-0.25, -0.2) is 4.98 Å². The molecule has 3 heteroatoms. The molecule has 0 aliphatic carbocycles. The molecule has 0 amide bonds. The van der Waals surface area contributed by atoms with Gasteiger partial charge in [0.1, 0.15) is 5.82 Å². The molecule has 0 aliphatic heterocycles. The first-order valence-corrected chi connectivity index (χ1v) is 3.37. The molecule has 2 N–H and O–H groups in total. The number of fused-ring (bicyclic) bond motifs is 1. The van der Waals surface area contributed by atoms with Crippen LogP contribution >= 0.6 is 0 Å². The predicted octanol–water partition coefficient (Wildman–Crippen LogP) is -1.38. The quantitative estimate of drug-likeness (QED) is 0.403. The van der Waals surface area contributed by atoms with Gasteiger partial charge in [-0.15, -0.1) is 10.8 Å². The molecule has 0 saturated carbocycles. The average Bonchev–Trinajstić information content (AvgIpc) is 2.04. The molecule has 0 saturated heterocycles. The van der Waals surface area contributed by atoms with Gasteiger partial charge in [0.15, 0.2) is 0 Å². The van der Waals surface area contributed by atoms with Crippen LogP contribution in [0.1, 0.15) is 0 Å². The van der Waals surface area contributed by atoms with Crippen molar-refractivity contribution in [1.82, 2.24) is 4.98 Å². The molecule has 0 aliphatic rings. The van der Waals surface area contributed by atoms with Crippen molar-refractivity contribution in [2.24, 2.45) is 0 Å². The fourth-order valence-electron chi connectivity index (χ4n) is 1.04. The third-order valence-corrected chi connectivity index (χ3v) is 1.59. The van der Waals surface area contributed by atoms with Crippen molar-refractivity contribution in [2.45, 2.75) is 0 Å². The molecule has 0 bridgehead atoms. The van der Waals surface area contributed by atoms with E-state index in [0.29, 0.717) is 5.82 Å². The zero-order valence-electron chi connectivity index (χ0n) is 6.91. The first-order chi connectivity index (χ1) is 5.36. The summed E-state index contributed by atoms with van der Waals surface area (Å²) in [5.41, 5.74) is 5.50. The Balaban J connectivity index is 0.000000720.